The van der Waals surface area contributed by atoms with Crippen LogP contribution in [-0.2, 0) is 4.74 Å². The van der Waals surface area contributed by atoms with Crippen molar-refractivity contribution in [1.29, 1.82) is 0 Å². The average Bonchev–Trinajstić information content (AvgIpc) is 2.76. The molecular weight excluding hydrogens is 424 g/mol. The molecule has 34 heavy (non-hydrogen) atoms. The molecule has 0 saturated heterocycles. The number of benzene rings is 1. The lowest BCUT2D eigenvalue weighted by molar-refractivity contribution is -0.0532. The van der Waals surface area contributed by atoms with E-state index in [9.17, 15) is 0 Å². The maximum absolute atomic E-state index is 6.14. The number of nitrogens with zero attached hydrogens (tertiary/aromatic N) is 2. The summed E-state index contributed by atoms with van der Waals surface area (Å²) >= 11 is 0. The van der Waals surface area contributed by atoms with E-state index in [0.29, 0.717) is 0 Å². The standard InChI is InChI=1S/C29H54N2O3/c1-10-11-17-30(7)19-14-15-20-31(8)18-13-12-16-21-33-28-22-24(2)26(23-27(28)32-9)25(3)34-29(4,5)6/h22-23,25H,10-21H2,1-9H3. The number of hydrogen-bond donors (Lipinski definition) is 0. The second-order valence-corrected chi connectivity index (χ2v) is 10.8. The summed E-state index contributed by atoms with van der Waals surface area (Å²) in [7, 11) is 6.20. The van der Waals surface area contributed by atoms with Crippen LogP contribution in [0.3, 0.4) is 0 Å². The Labute approximate surface area is 211 Å². The fraction of sp³-hybridized carbons (Fsp3) is 0.793. The van der Waals surface area contributed by atoms with Gasteiger partial charge in [0, 0.05) is 0 Å². The van der Waals surface area contributed by atoms with E-state index in [0.717, 1.165) is 36.6 Å². The number of methoxy groups -OCH3 is 1. The molecule has 0 N–H and O–H groups in total. The van der Waals surface area contributed by atoms with Crippen LogP contribution in [0.5, 0.6) is 11.5 Å². The summed E-state index contributed by atoms with van der Waals surface area (Å²) in [5.41, 5.74) is 2.13. The van der Waals surface area contributed by atoms with Crippen LogP contribution in [0.15, 0.2) is 12.1 Å². The van der Waals surface area contributed by atoms with Crippen molar-refractivity contribution >= 4 is 0 Å². The molecule has 198 valence electrons. The van der Waals surface area contributed by atoms with Gasteiger partial charge in [-0.05, 0) is 137 Å². The van der Waals surface area contributed by atoms with Crippen LogP contribution in [0.4, 0.5) is 0 Å². The van der Waals surface area contributed by atoms with Crippen molar-refractivity contribution in [2.45, 2.75) is 98.2 Å². The van der Waals surface area contributed by atoms with E-state index in [4.69, 9.17) is 14.2 Å². The van der Waals surface area contributed by atoms with Crippen LogP contribution >= 0.6 is 0 Å². The Morgan fingerprint density at radius 1 is 0.824 bits per heavy atom. The molecule has 1 aromatic carbocycles. The molecule has 0 radical (unpaired) electrons. The zero-order valence-corrected chi connectivity index (χ0v) is 23.8. The van der Waals surface area contributed by atoms with E-state index in [1.165, 1.54) is 63.7 Å². The van der Waals surface area contributed by atoms with Crippen LogP contribution in [0, 0.1) is 6.92 Å². The van der Waals surface area contributed by atoms with Gasteiger partial charge in [-0.1, -0.05) is 13.3 Å². The SMILES string of the molecule is CCCCN(C)CCCCN(C)CCCCCOc1cc(C)c(C(C)OC(C)(C)C)cc1OC. The van der Waals surface area contributed by atoms with Crippen molar-refractivity contribution in [3.05, 3.63) is 23.3 Å². The minimum Gasteiger partial charge on any atom is -0.493 e. The van der Waals surface area contributed by atoms with Gasteiger partial charge in [-0.15, -0.1) is 0 Å². The van der Waals surface area contributed by atoms with E-state index in [1.54, 1.807) is 7.11 Å². The molecule has 1 unspecified atom stereocenters. The third-order valence-corrected chi connectivity index (χ3v) is 6.19. The van der Waals surface area contributed by atoms with Crippen molar-refractivity contribution < 1.29 is 14.2 Å². The van der Waals surface area contributed by atoms with Crippen molar-refractivity contribution in [3.8, 4) is 11.5 Å². The minimum absolute atomic E-state index is 0.00177. The van der Waals surface area contributed by atoms with E-state index in [1.807, 2.05) is 0 Å². The third-order valence-electron chi connectivity index (χ3n) is 6.19. The first-order valence-electron chi connectivity index (χ1n) is 13.4. The first-order chi connectivity index (χ1) is 16.1. The first-order valence-corrected chi connectivity index (χ1v) is 13.4. The van der Waals surface area contributed by atoms with Crippen LogP contribution in [0.25, 0.3) is 0 Å². The molecule has 0 saturated carbocycles. The maximum atomic E-state index is 6.14. The van der Waals surface area contributed by atoms with E-state index >= 15 is 0 Å². The summed E-state index contributed by atoms with van der Waals surface area (Å²) in [4.78, 5) is 4.94. The molecule has 1 aromatic rings. The first kappa shape index (κ1) is 30.7. The lowest BCUT2D eigenvalue weighted by Gasteiger charge is -2.27. The van der Waals surface area contributed by atoms with Crippen LogP contribution in [0.1, 0.15) is 96.8 Å². The molecule has 0 aliphatic rings. The predicted molar refractivity (Wildman–Crippen MR) is 145 cm³/mol. The molecule has 0 spiro atoms. The highest BCUT2D eigenvalue weighted by atomic mass is 16.5. The van der Waals surface area contributed by atoms with Gasteiger partial charge in [0.15, 0.2) is 11.5 Å². The van der Waals surface area contributed by atoms with E-state index in [-0.39, 0.29) is 11.7 Å². The topological polar surface area (TPSA) is 34.2 Å². The van der Waals surface area contributed by atoms with Gasteiger partial charge in [0.2, 0.25) is 0 Å². The van der Waals surface area contributed by atoms with Gasteiger partial charge in [-0.2, -0.15) is 0 Å². The Hall–Kier alpha value is -1.30. The Bertz CT molecular complexity index is 672. The molecule has 0 amide bonds. The Morgan fingerprint density at radius 2 is 1.38 bits per heavy atom. The highest BCUT2D eigenvalue weighted by molar-refractivity contribution is 5.47. The summed E-state index contributed by atoms with van der Waals surface area (Å²) in [5, 5.41) is 0. The average molecular weight is 479 g/mol. The van der Waals surface area contributed by atoms with Gasteiger partial charge in [-0.25, -0.2) is 0 Å². The third kappa shape index (κ3) is 13.0. The van der Waals surface area contributed by atoms with Gasteiger partial charge < -0.3 is 24.0 Å². The molecule has 0 fully saturated rings. The lowest BCUT2D eigenvalue weighted by Crippen LogP contribution is -2.24. The van der Waals surface area contributed by atoms with Crippen molar-refractivity contribution in [3.63, 3.8) is 0 Å². The van der Waals surface area contributed by atoms with Gasteiger partial charge in [0.05, 0.1) is 25.4 Å². The molecule has 1 rings (SSSR count). The quantitative estimate of drug-likeness (QED) is 0.215. The highest BCUT2D eigenvalue weighted by Crippen LogP contribution is 2.35. The van der Waals surface area contributed by atoms with Crippen LogP contribution in [-0.4, -0.2) is 69.4 Å². The molecule has 5 heteroatoms. The van der Waals surface area contributed by atoms with Gasteiger partial charge in [-0.3, -0.25) is 0 Å². The molecule has 0 bridgehead atoms. The second-order valence-electron chi connectivity index (χ2n) is 10.8. The highest BCUT2D eigenvalue weighted by Gasteiger charge is 2.20. The molecule has 0 heterocycles. The number of rotatable bonds is 18. The van der Waals surface area contributed by atoms with E-state index in [2.05, 4.69) is 77.6 Å². The normalized spacial score (nSPS) is 13.0. The monoisotopic (exact) mass is 478 g/mol. The number of aryl methyl sites for hydroxylation is 1. The van der Waals surface area contributed by atoms with Crippen molar-refractivity contribution in [1.82, 2.24) is 9.80 Å². The van der Waals surface area contributed by atoms with Gasteiger partial charge in [0.25, 0.3) is 0 Å². The Morgan fingerprint density at radius 3 is 1.91 bits per heavy atom. The largest absolute Gasteiger partial charge is 0.493 e. The van der Waals surface area contributed by atoms with Gasteiger partial charge in [0.1, 0.15) is 0 Å². The number of unbranched alkanes of at least 4 members (excludes halogenated alkanes) is 4. The fourth-order valence-corrected chi connectivity index (χ4v) is 4.24. The molecular formula is C29H54N2O3. The number of ether oxygens (including phenoxy) is 3. The fourth-order valence-electron chi connectivity index (χ4n) is 4.24. The Balaban J connectivity index is 2.30. The van der Waals surface area contributed by atoms with Gasteiger partial charge >= 0.3 is 0 Å². The molecule has 0 aliphatic heterocycles. The van der Waals surface area contributed by atoms with Crippen LogP contribution in [0.2, 0.25) is 0 Å². The Kier molecular flexibility index (Phi) is 14.8. The predicted octanol–water partition coefficient (Wildman–Crippen LogP) is 6.87. The molecule has 0 aliphatic carbocycles. The zero-order valence-electron chi connectivity index (χ0n) is 23.8. The summed E-state index contributed by atoms with van der Waals surface area (Å²) in [6, 6.07) is 4.15. The van der Waals surface area contributed by atoms with Crippen LogP contribution < -0.4 is 9.47 Å². The summed E-state index contributed by atoms with van der Waals surface area (Å²) < 4.78 is 17.9. The van der Waals surface area contributed by atoms with E-state index < -0.39 is 0 Å². The summed E-state index contributed by atoms with van der Waals surface area (Å²) in [6.07, 6.45) is 8.62. The van der Waals surface area contributed by atoms with Crippen molar-refractivity contribution in [2.24, 2.45) is 0 Å². The second kappa shape index (κ2) is 16.4. The maximum Gasteiger partial charge on any atom is 0.161 e. The minimum atomic E-state index is -0.187. The smallest absolute Gasteiger partial charge is 0.161 e. The zero-order chi connectivity index (χ0) is 25.6. The summed E-state index contributed by atoms with van der Waals surface area (Å²) in [5.74, 6) is 1.61. The molecule has 1 atom stereocenters. The molecule has 5 nitrogen and oxygen atoms in total. The summed E-state index contributed by atoms with van der Waals surface area (Å²) in [6.45, 7) is 18.2. The molecule has 0 aromatic heterocycles. The lowest BCUT2D eigenvalue weighted by atomic mass is 10.0. The number of hydrogen-bond acceptors (Lipinski definition) is 5. The van der Waals surface area contributed by atoms with Crippen molar-refractivity contribution in [2.75, 3.05) is 54.0 Å².